The molecule has 0 radical (unpaired) electrons. The summed E-state index contributed by atoms with van der Waals surface area (Å²) in [6, 6.07) is 0. The quantitative estimate of drug-likeness (QED) is 0.584. The van der Waals surface area contributed by atoms with Crippen molar-refractivity contribution in [3.63, 3.8) is 0 Å². The fourth-order valence-electron chi connectivity index (χ4n) is 0.732. The molecule has 1 aliphatic heterocycles. The maximum Gasteiger partial charge on any atom is 0.231 e. The summed E-state index contributed by atoms with van der Waals surface area (Å²) in [5.41, 5.74) is 1.07. The second-order valence-electron chi connectivity index (χ2n) is 2.48. The molecule has 2 nitrogen and oxygen atoms in total. The molecule has 0 aromatic carbocycles. The lowest BCUT2D eigenvalue weighted by Gasteiger charge is -1.91. The highest BCUT2D eigenvalue weighted by Gasteiger charge is 2.11. The van der Waals surface area contributed by atoms with Crippen molar-refractivity contribution < 1.29 is 9.47 Å². The minimum absolute atomic E-state index is 0.269. The molecule has 0 bridgehead atoms. The Bertz CT molecular complexity index is 259. The third-order valence-electron chi connectivity index (χ3n) is 1.54. The minimum Gasteiger partial charge on any atom is -0.454 e. The molecule has 0 spiro atoms. The van der Waals surface area contributed by atoms with Crippen molar-refractivity contribution in [3.8, 4) is 0 Å². The molecule has 64 valence electrons. The summed E-state index contributed by atoms with van der Waals surface area (Å²) in [5.74, 6) is 1.28. The highest BCUT2D eigenvalue weighted by molar-refractivity contribution is 5.28. The Morgan fingerprint density at radius 2 is 2.25 bits per heavy atom. The van der Waals surface area contributed by atoms with Crippen LogP contribution < -0.4 is 0 Å². The van der Waals surface area contributed by atoms with Crippen molar-refractivity contribution in [1.29, 1.82) is 0 Å². The van der Waals surface area contributed by atoms with Gasteiger partial charge >= 0.3 is 0 Å². The second-order valence-corrected chi connectivity index (χ2v) is 2.48. The van der Waals surface area contributed by atoms with Crippen LogP contribution in [0.1, 0.15) is 6.92 Å². The van der Waals surface area contributed by atoms with Crippen LogP contribution in [0.15, 0.2) is 48.5 Å². The largest absolute Gasteiger partial charge is 0.454 e. The van der Waals surface area contributed by atoms with E-state index in [9.17, 15) is 0 Å². The van der Waals surface area contributed by atoms with Gasteiger partial charge < -0.3 is 9.47 Å². The predicted octanol–water partition coefficient (Wildman–Crippen LogP) is 2.52. The second kappa shape index (κ2) is 3.81. The molecule has 12 heavy (non-hydrogen) atoms. The van der Waals surface area contributed by atoms with Crippen LogP contribution in [0.5, 0.6) is 0 Å². The third-order valence-corrected chi connectivity index (χ3v) is 1.54. The summed E-state index contributed by atoms with van der Waals surface area (Å²) < 4.78 is 10.1. The van der Waals surface area contributed by atoms with Gasteiger partial charge in [-0.15, -0.1) is 0 Å². The maximum absolute atomic E-state index is 5.12. The lowest BCUT2D eigenvalue weighted by atomic mass is 10.2. The molecule has 0 aromatic rings. The Morgan fingerprint density at radius 1 is 1.50 bits per heavy atom. The van der Waals surface area contributed by atoms with Gasteiger partial charge in [0.05, 0.1) is 0 Å². The van der Waals surface area contributed by atoms with Gasteiger partial charge in [0.2, 0.25) is 6.79 Å². The molecule has 1 rings (SSSR count). The van der Waals surface area contributed by atoms with E-state index in [1.54, 1.807) is 6.08 Å². The molecule has 0 unspecified atom stereocenters. The number of ether oxygens (including phenoxy) is 2. The van der Waals surface area contributed by atoms with Crippen LogP contribution in [0.3, 0.4) is 0 Å². The van der Waals surface area contributed by atoms with Gasteiger partial charge in [0, 0.05) is 0 Å². The molecule has 0 N–H and O–H groups in total. The van der Waals surface area contributed by atoms with Crippen LogP contribution in [0, 0.1) is 0 Å². The number of rotatable bonds is 2. The summed E-state index contributed by atoms with van der Waals surface area (Å²) in [6.45, 7) is 9.53. The fraction of sp³-hybridized carbons (Fsp3) is 0.200. The standard InChI is InChI=1S/C10H12O2/c1-4-8(2)5-6-10-9(3)11-7-12-10/h4-6H,1,3,7H2,2H3/b8-5-,10-6+. The lowest BCUT2D eigenvalue weighted by molar-refractivity contribution is 0.0980. The van der Waals surface area contributed by atoms with Crippen LogP contribution in [-0.4, -0.2) is 6.79 Å². The van der Waals surface area contributed by atoms with E-state index in [4.69, 9.17) is 9.47 Å². The minimum atomic E-state index is 0.269. The molecule has 2 heteroatoms. The summed E-state index contributed by atoms with van der Waals surface area (Å²) in [5, 5.41) is 0. The molecule has 1 fully saturated rings. The first-order valence-corrected chi connectivity index (χ1v) is 3.70. The highest BCUT2D eigenvalue weighted by atomic mass is 16.7. The molecule has 0 atom stereocenters. The van der Waals surface area contributed by atoms with Gasteiger partial charge in [0.25, 0.3) is 0 Å². The third kappa shape index (κ3) is 2.02. The van der Waals surface area contributed by atoms with E-state index in [1.165, 1.54) is 0 Å². The van der Waals surface area contributed by atoms with Crippen molar-refractivity contribution >= 4 is 0 Å². The Labute approximate surface area is 72.5 Å². The van der Waals surface area contributed by atoms with E-state index < -0.39 is 0 Å². The predicted molar refractivity (Wildman–Crippen MR) is 48.2 cm³/mol. The first kappa shape index (κ1) is 8.65. The zero-order valence-corrected chi connectivity index (χ0v) is 7.17. The van der Waals surface area contributed by atoms with Crippen molar-refractivity contribution in [2.24, 2.45) is 0 Å². The molecular formula is C10H12O2. The molecule has 1 saturated heterocycles. The van der Waals surface area contributed by atoms with E-state index in [2.05, 4.69) is 13.2 Å². The normalized spacial score (nSPS) is 20.6. The maximum atomic E-state index is 5.12. The topological polar surface area (TPSA) is 18.5 Å². The van der Waals surface area contributed by atoms with Gasteiger partial charge in [0.15, 0.2) is 11.5 Å². The van der Waals surface area contributed by atoms with Crippen molar-refractivity contribution in [1.82, 2.24) is 0 Å². The van der Waals surface area contributed by atoms with Crippen molar-refractivity contribution in [3.05, 3.63) is 48.5 Å². The first-order valence-electron chi connectivity index (χ1n) is 3.70. The van der Waals surface area contributed by atoms with Gasteiger partial charge in [-0.1, -0.05) is 30.9 Å². The zero-order valence-electron chi connectivity index (χ0n) is 7.17. The number of allylic oxidation sites excluding steroid dienone is 4. The Hall–Kier alpha value is -1.44. The number of hydrogen-bond acceptors (Lipinski definition) is 2. The molecule has 1 heterocycles. The summed E-state index contributed by atoms with van der Waals surface area (Å²) >= 11 is 0. The van der Waals surface area contributed by atoms with E-state index >= 15 is 0 Å². The molecular weight excluding hydrogens is 152 g/mol. The Morgan fingerprint density at radius 3 is 2.75 bits per heavy atom. The van der Waals surface area contributed by atoms with Gasteiger partial charge in [-0.2, -0.15) is 0 Å². The van der Waals surface area contributed by atoms with Gasteiger partial charge in [-0.3, -0.25) is 0 Å². The lowest BCUT2D eigenvalue weighted by Crippen LogP contribution is -1.78. The van der Waals surface area contributed by atoms with Crippen LogP contribution in [0.25, 0.3) is 0 Å². The summed E-state index contributed by atoms with van der Waals surface area (Å²) in [6.07, 6.45) is 5.50. The monoisotopic (exact) mass is 164 g/mol. The van der Waals surface area contributed by atoms with E-state index in [-0.39, 0.29) is 6.79 Å². The fourth-order valence-corrected chi connectivity index (χ4v) is 0.732. The summed E-state index contributed by atoms with van der Waals surface area (Å²) in [7, 11) is 0. The molecule has 0 aromatic heterocycles. The molecule has 0 amide bonds. The van der Waals surface area contributed by atoms with Crippen LogP contribution in [0.2, 0.25) is 0 Å². The Balaban J connectivity index is 2.68. The van der Waals surface area contributed by atoms with Crippen molar-refractivity contribution in [2.45, 2.75) is 6.92 Å². The van der Waals surface area contributed by atoms with Gasteiger partial charge in [-0.25, -0.2) is 0 Å². The SMILES string of the molecule is C=C/C(C)=C\C=C1\OCOC1=C. The van der Waals surface area contributed by atoms with E-state index in [0.717, 1.165) is 5.57 Å². The van der Waals surface area contributed by atoms with Crippen LogP contribution >= 0.6 is 0 Å². The van der Waals surface area contributed by atoms with Gasteiger partial charge in [-0.05, 0) is 13.0 Å². The van der Waals surface area contributed by atoms with Crippen LogP contribution in [-0.2, 0) is 9.47 Å². The van der Waals surface area contributed by atoms with Crippen molar-refractivity contribution in [2.75, 3.05) is 6.79 Å². The van der Waals surface area contributed by atoms with Crippen LogP contribution in [0.4, 0.5) is 0 Å². The molecule has 1 aliphatic rings. The first-order chi connectivity index (χ1) is 5.74. The Kier molecular flexibility index (Phi) is 2.75. The molecule has 0 saturated carbocycles. The highest BCUT2D eigenvalue weighted by Crippen LogP contribution is 2.18. The molecule has 0 aliphatic carbocycles. The van der Waals surface area contributed by atoms with Gasteiger partial charge in [0.1, 0.15) is 0 Å². The smallest absolute Gasteiger partial charge is 0.231 e. The average molecular weight is 164 g/mol. The van der Waals surface area contributed by atoms with E-state index in [0.29, 0.717) is 11.5 Å². The van der Waals surface area contributed by atoms with E-state index in [1.807, 2.05) is 19.1 Å². The summed E-state index contributed by atoms with van der Waals surface area (Å²) in [4.78, 5) is 0. The average Bonchev–Trinajstić information content (AvgIpc) is 2.47. The number of hydrogen-bond donors (Lipinski definition) is 0. The zero-order chi connectivity index (χ0) is 8.97.